The molecule has 3 heterocycles. The van der Waals surface area contributed by atoms with Crippen molar-refractivity contribution in [1.82, 2.24) is 5.32 Å². The number of hydrogen-bond acceptors (Lipinski definition) is 4. The number of fused-ring (bicyclic) bond motifs is 2. The highest BCUT2D eigenvalue weighted by atomic mass is 16.5. The molecule has 0 radical (unpaired) electrons. The van der Waals surface area contributed by atoms with Crippen molar-refractivity contribution >= 4 is 5.97 Å². The maximum Gasteiger partial charge on any atom is 0.371 e. The lowest BCUT2D eigenvalue weighted by Gasteiger charge is -2.23. The highest BCUT2D eigenvalue weighted by Gasteiger charge is 2.41. The van der Waals surface area contributed by atoms with Crippen molar-refractivity contribution < 1.29 is 19.1 Å². The maximum absolute atomic E-state index is 10.8. The summed E-state index contributed by atoms with van der Waals surface area (Å²) < 4.78 is 11.1. The first-order valence-corrected chi connectivity index (χ1v) is 6.38. The van der Waals surface area contributed by atoms with E-state index in [1.54, 1.807) is 6.07 Å². The molecule has 2 fully saturated rings. The zero-order valence-corrected chi connectivity index (χ0v) is 10.3. The summed E-state index contributed by atoms with van der Waals surface area (Å²) in [4.78, 5) is 10.8. The molecule has 0 spiro atoms. The van der Waals surface area contributed by atoms with E-state index in [4.69, 9.17) is 14.3 Å². The van der Waals surface area contributed by atoms with Crippen LogP contribution >= 0.6 is 0 Å². The van der Waals surface area contributed by atoms with Crippen molar-refractivity contribution in [3.8, 4) is 0 Å². The lowest BCUT2D eigenvalue weighted by Crippen LogP contribution is -2.38. The minimum atomic E-state index is -1.03. The van der Waals surface area contributed by atoms with Crippen LogP contribution in [0.4, 0.5) is 0 Å². The number of ether oxygens (including phenoxy) is 1. The second kappa shape index (κ2) is 4.40. The van der Waals surface area contributed by atoms with Gasteiger partial charge >= 0.3 is 5.97 Å². The highest BCUT2D eigenvalue weighted by molar-refractivity contribution is 5.84. The molecular weight excluding hydrogens is 234 g/mol. The van der Waals surface area contributed by atoms with Crippen molar-refractivity contribution in [3.05, 3.63) is 23.7 Å². The van der Waals surface area contributed by atoms with Crippen LogP contribution in [0.15, 0.2) is 16.5 Å². The first-order valence-electron chi connectivity index (χ1n) is 6.38. The van der Waals surface area contributed by atoms with Gasteiger partial charge in [-0.1, -0.05) is 0 Å². The molecule has 4 atom stereocenters. The smallest absolute Gasteiger partial charge is 0.371 e. The lowest BCUT2D eigenvalue weighted by atomic mass is 9.95. The number of furan rings is 1. The summed E-state index contributed by atoms with van der Waals surface area (Å²) in [5.74, 6) is -0.380. The van der Waals surface area contributed by atoms with Crippen LogP contribution in [0.25, 0.3) is 0 Å². The largest absolute Gasteiger partial charge is 0.475 e. The summed E-state index contributed by atoms with van der Waals surface area (Å²) in [7, 11) is 0. The maximum atomic E-state index is 10.8. The second-order valence-electron chi connectivity index (χ2n) is 5.11. The Morgan fingerprint density at radius 1 is 1.50 bits per heavy atom. The molecule has 0 saturated carbocycles. The van der Waals surface area contributed by atoms with Gasteiger partial charge in [-0.25, -0.2) is 4.79 Å². The number of carbonyl (C=O) groups is 1. The molecule has 2 N–H and O–H groups in total. The highest BCUT2D eigenvalue weighted by Crippen LogP contribution is 2.35. The number of carboxylic acids is 1. The molecule has 2 saturated heterocycles. The van der Waals surface area contributed by atoms with Crippen molar-refractivity contribution in [2.24, 2.45) is 0 Å². The zero-order chi connectivity index (χ0) is 12.7. The van der Waals surface area contributed by atoms with Crippen LogP contribution in [0.1, 0.15) is 48.5 Å². The van der Waals surface area contributed by atoms with Gasteiger partial charge in [0.25, 0.3) is 0 Å². The SMILES string of the molecule is CC(NC1CC2CCC1O2)c1ccc(C(=O)O)o1. The van der Waals surface area contributed by atoms with Gasteiger partial charge in [-0.2, -0.15) is 0 Å². The molecule has 0 aliphatic carbocycles. The minimum absolute atomic E-state index is 0.00560. The normalized spacial score (nSPS) is 31.7. The van der Waals surface area contributed by atoms with Gasteiger partial charge in [0.05, 0.1) is 18.2 Å². The Kier molecular flexibility index (Phi) is 2.87. The third-order valence-electron chi connectivity index (χ3n) is 3.83. The molecule has 98 valence electrons. The van der Waals surface area contributed by atoms with Crippen molar-refractivity contribution in [3.63, 3.8) is 0 Å². The molecule has 0 amide bonds. The molecule has 5 nitrogen and oxygen atoms in total. The molecular formula is C13H17NO4. The molecule has 2 aliphatic heterocycles. The van der Waals surface area contributed by atoms with E-state index in [0.29, 0.717) is 24.0 Å². The van der Waals surface area contributed by atoms with Crippen LogP contribution < -0.4 is 5.32 Å². The van der Waals surface area contributed by atoms with E-state index in [1.807, 2.05) is 6.92 Å². The summed E-state index contributed by atoms with van der Waals surface area (Å²) in [5.41, 5.74) is 0. The first kappa shape index (κ1) is 11.7. The molecule has 18 heavy (non-hydrogen) atoms. The fourth-order valence-electron chi connectivity index (χ4n) is 2.92. The van der Waals surface area contributed by atoms with E-state index < -0.39 is 5.97 Å². The molecule has 0 aromatic carbocycles. The first-order chi connectivity index (χ1) is 8.63. The number of carboxylic acid groups (broad SMARTS) is 1. The van der Waals surface area contributed by atoms with Gasteiger partial charge in [0.2, 0.25) is 5.76 Å². The Morgan fingerprint density at radius 2 is 2.33 bits per heavy atom. The van der Waals surface area contributed by atoms with Gasteiger partial charge in [-0.15, -0.1) is 0 Å². The van der Waals surface area contributed by atoms with Gasteiger partial charge in [0.1, 0.15) is 5.76 Å². The van der Waals surface area contributed by atoms with Crippen LogP contribution in [0.2, 0.25) is 0 Å². The van der Waals surface area contributed by atoms with Gasteiger partial charge in [0.15, 0.2) is 0 Å². The minimum Gasteiger partial charge on any atom is -0.475 e. The van der Waals surface area contributed by atoms with E-state index in [1.165, 1.54) is 12.5 Å². The number of aromatic carboxylic acids is 1. The Bertz CT molecular complexity index is 456. The molecule has 4 unspecified atom stereocenters. The van der Waals surface area contributed by atoms with E-state index in [-0.39, 0.29) is 11.8 Å². The topological polar surface area (TPSA) is 71.7 Å². The van der Waals surface area contributed by atoms with E-state index in [9.17, 15) is 4.79 Å². The second-order valence-corrected chi connectivity index (χ2v) is 5.11. The third-order valence-corrected chi connectivity index (χ3v) is 3.83. The quantitative estimate of drug-likeness (QED) is 0.855. The average molecular weight is 251 g/mol. The zero-order valence-electron chi connectivity index (χ0n) is 10.3. The standard InChI is InChI=1S/C13H17NO4/c1-7(10-4-5-12(18-10)13(15)16)14-9-6-8-2-3-11(9)17-8/h4-5,7-9,11,14H,2-3,6H2,1H3,(H,15,16). The number of hydrogen-bond donors (Lipinski definition) is 2. The summed E-state index contributed by atoms with van der Waals surface area (Å²) in [6.07, 6.45) is 4.05. The fourth-order valence-corrected chi connectivity index (χ4v) is 2.92. The Labute approximate surface area is 105 Å². The summed E-state index contributed by atoms with van der Waals surface area (Å²) >= 11 is 0. The molecule has 2 aliphatic rings. The molecule has 1 aromatic heterocycles. The summed E-state index contributed by atoms with van der Waals surface area (Å²) in [6, 6.07) is 3.57. The molecule has 2 bridgehead atoms. The fraction of sp³-hybridized carbons (Fsp3) is 0.615. The third kappa shape index (κ3) is 2.04. The predicted octanol–water partition coefficient (Wildman–Crippen LogP) is 1.95. The van der Waals surface area contributed by atoms with E-state index in [0.717, 1.165) is 12.8 Å². The van der Waals surface area contributed by atoms with Gasteiger partial charge in [-0.3, -0.25) is 0 Å². The van der Waals surface area contributed by atoms with Crippen LogP contribution in [-0.4, -0.2) is 29.3 Å². The molecule has 1 aromatic rings. The Morgan fingerprint density at radius 3 is 2.89 bits per heavy atom. The van der Waals surface area contributed by atoms with Gasteiger partial charge in [0, 0.05) is 6.04 Å². The monoisotopic (exact) mass is 251 g/mol. The van der Waals surface area contributed by atoms with Crippen LogP contribution in [0.5, 0.6) is 0 Å². The van der Waals surface area contributed by atoms with Gasteiger partial charge in [-0.05, 0) is 38.3 Å². The molecule has 3 rings (SSSR count). The van der Waals surface area contributed by atoms with Crippen LogP contribution in [0, 0.1) is 0 Å². The number of rotatable bonds is 4. The van der Waals surface area contributed by atoms with E-state index >= 15 is 0 Å². The summed E-state index contributed by atoms with van der Waals surface area (Å²) in [6.45, 7) is 1.98. The van der Waals surface area contributed by atoms with E-state index in [2.05, 4.69) is 5.32 Å². The Balaban J connectivity index is 1.63. The van der Waals surface area contributed by atoms with Crippen LogP contribution in [-0.2, 0) is 4.74 Å². The predicted molar refractivity (Wildman–Crippen MR) is 63.5 cm³/mol. The Hall–Kier alpha value is -1.33. The average Bonchev–Trinajstić information content (AvgIpc) is 3.04. The van der Waals surface area contributed by atoms with Crippen molar-refractivity contribution in [2.75, 3.05) is 0 Å². The van der Waals surface area contributed by atoms with Crippen molar-refractivity contribution in [1.29, 1.82) is 0 Å². The van der Waals surface area contributed by atoms with Gasteiger partial charge < -0.3 is 19.6 Å². The van der Waals surface area contributed by atoms with Crippen LogP contribution in [0.3, 0.4) is 0 Å². The molecule has 5 heteroatoms. The van der Waals surface area contributed by atoms with Crippen molar-refractivity contribution in [2.45, 2.75) is 50.5 Å². The lowest BCUT2D eigenvalue weighted by molar-refractivity contribution is 0.0658. The number of nitrogens with one attached hydrogen (secondary N) is 1. The summed E-state index contributed by atoms with van der Waals surface area (Å²) in [5, 5.41) is 12.3.